The van der Waals surface area contributed by atoms with Crippen LogP contribution in [0.15, 0.2) is 23.8 Å². The lowest BCUT2D eigenvalue weighted by atomic mass is 10.1. The summed E-state index contributed by atoms with van der Waals surface area (Å²) in [5, 5.41) is 8.53. The van der Waals surface area contributed by atoms with Gasteiger partial charge in [0.2, 0.25) is 0 Å². The Bertz CT molecular complexity index is 293. The van der Waals surface area contributed by atoms with Crippen LogP contribution in [0, 0.1) is 17.3 Å². The van der Waals surface area contributed by atoms with E-state index < -0.39 is 5.97 Å². The van der Waals surface area contributed by atoms with Gasteiger partial charge in [0, 0.05) is 6.08 Å². The Balaban J connectivity index is 2.67. The molecule has 0 unspecified atom stereocenters. The average molecular weight is 194 g/mol. The second-order valence-corrected chi connectivity index (χ2v) is 4.81. The Morgan fingerprint density at radius 2 is 1.86 bits per heavy atom. The predicted octanol–water partition coefficient (Wildman–Crippen LogP) is 2.87. The topological polar surface area (TPSA) is 37.3 Å². The maximum Gasteiger partial charge on any atom is 0.327 e. The third kappa shape index (κ3) is 2.25. The smallest absolute Gasteiger partial charge is 0.327 e. The van der Waals surface area contributed by atoms with Crippen LogP contribution in [0.5, 0.6) is 0 Å². The lowest BCUT2D eigenvalue weighted by Crippen LogP contribution is -1.90. The Kier molecular flexibility index (Phi) is 2.84. The Morgan fingerprint density at radius 1 is 1.29 bits per heavy atom. The number of aliphatic carboxylic acids is 1. The molecule has 0 radical (unpaired) electrons. The first-order valence-electron chi connectivity index (χ1n) is 4.92. The number of allylic oxidation sites excluding steroid dienone is 3. The molecule has 14 heavy (non-hydrogen) atoms. The average Bonchev–Trinajstić information content (AvgIpc) is 2.48. The van der Waals surface area contributed by atoms with E-state index in [-0.39, 0.29) is 5.41 Å². The molecule has 2 atom stereocenters. The second-order valence-electron chi connectivity index (χ2n) is 4.81. The van der Waals surface area contributed by atoms with Crippen molar-refractivity contribution < 1.29 is 9.90 Å². The van der Waals surface area contributed by atoms with Crippen molar-refractivity contribution in [3.8, 4) is 0 Å². The molecule has 1 saturated carbocycles. The summed E-state index contributed by atoms with van der Waals surface area (Å²) in [6.45, 7) is 8.50. The van der Waals surface area contributed by atoms with Gasteiger partial charge in [-0.1, -0.05) is 31.6 Å². The highest BCUT2D eigenvalue weighted by molar-refractivity contribution is 5.79. The van der Waals surface area contributed by atoms with Crippen molar-refractivity contribution >= 4 is 5.97 Å². The normalized spacial score (nSPS) is 28.9. The molecule has 0 aromatic rings. The molecule has 2 nitrogen and oxygen atoms in total. The van der Waals surface area contributed by atoms with Gasteiger partial charge in [0.15, 0.2) is 0 Å². The van der Waals surface area contributed by atoms with Crippen LogP contribution in [0.1, 0.15) is 27.7 Å². The zero-order valence-corrected chi connectivity index (χ0v) is 9.24. The van der Waals surface area contributed by atoms with Crippen molar-refractivity contribution in [2.45, 2.75) is 27.7 Å². The van der Waals surface area contributed by atoms with E-state index >= 15 is 0 Å². The molecule has 0 heterocycles. The highest BCUT2D eigenvalue weighted by Gasteiger charge is 2.54. The molecular formula is C12H18O2. The van der Waals surface area contributed by atoms with Gasteiger partial charge in [0.25, 0.3) is 0 Å². The number of carbonyl (C=O) groups is 1. The van der Waals surface area contributed by atoms with E-state index in [9.17, 15) is 4.79 Å². The van der Waals surface area contributed by atoms with Gasteiger partial charge in [-0.25, -0.2) is 4.79 Å². The Morgan fingerprint density at radius 3 is 2.29 bits per heavy atom. The van der Waals surface area contributed by atoms with Gasteiger partial charge in [-0.3, -0.25) is 0 Å². The van der Waals surface area contributed by atoms with Crippen molar-refractivity contribution in [1.29, 1.82) is 0 Å². The van der Waals surface area contributed by atoms with E-state index in [2.05, 4.69) is 33.8 Å². The Hall–Kier alpha value is -1.05. The van der Waals surface area contributed by atoms with Crippen LogP contribution < -0.4 is 0 Å². The lowest BCUT2D eigenvalue weighted by molar-refractivity contribution is -0.131. The Labute approximate surface area is 85.3 Å². The van der Waals surface area contributed by atoms with Gasteiger partial charge < -0.3 is 5.11 Å². The fourth-order valence-corrected chi connectivity index (χ4v) is 1.95. The number of carboxylic acid groups (broad SMARTS) is 1. The van der Waals surface area contributed by atoms with Crippen LogP contribution in [0.3, 0.4) is 0 Å². The summed E-state index contributed by atoms with van der Waals surface area (Å²) in [6, 6.07) is 0. The summed E-state index contributed by atoms with van der Waals surface area (Å²) >= 11 is 0. The van der Waals surface area contributed by atoms with Crippen LogP contribution in [-0.4, -0.2) is 11.1 Å². The first-order chi connectivity index (χ1) is 6.35. The molecular weight excluding hydrogens is 176 g/mol. The van der Waals surface area contributed by atoms with E-state index in [1.54, 1.807) is 0 Å². The van der Waals surface area contributed by atoms with Crippen LogP contribution >= 0.6 is 0 Å². The lowest BCUT2D eigenvalue weighted by Gasteiger charge is -1.97. The van der Waals surface area contributed by atoms with Crippen LogP contribution in [-0.2, 0) is 4.79 Å². The van der Waals surface area contributed by atoms with Gasteiger partial charge in [-0.05, 0) is 31.1 Å². The third-order valence-electron chi connectivity index (χ3n) is 2.96. The van der Waals surface area contributed by atoms with Crippen molar-refractivity contribution in [2.75, 3.05) is 0 Å². The summed E-state index contributed by atoms with van der Waals surface area (Å²) in [4.78, 5) is 10.4. The second kappa shape index (κ2) is 3.60. The zero-order valence-electron chi connectivity index (χ0n) is 9.24. The molecule has 1 aliphatic carbocycles. The molecule has 1 fully saturated rings. The van der Waals surface area contributed by atoms with Gasteiger partial charge in [-0.15, -0.1) is 0 Å². The van der Waals surface area contributed by atoms with Crippen molar-refractivity contribution in [1.82, 2.24) is 0 Å². The first-order valence-corrected chi connectivity index (χ1v) is 4.92. The highest BCUT2D eigenvalue weighted by Crippen LogP contribution is 2.60. The van der Waals surface area contributed by atoms with Gasteiger partial charge in [0.05, 0.1) is 0 Å². The molecule has 0 bridgehead atoms. The number of carboxylic acids is 1. The summed E-state index contributed by atoms with van der Waals surface area (Å²) in [6.07, 6.45) is 5.30. The molecule has 1 N–H and O–H groups in total. The molecule has 78 valence electrons. The summed E-state index contributed by atoms with van der Waals surface area (Å²) in [5.41, 5.74) is 1.53. The molecule has 0 aromatic heterocycles. The van der Waals surface area contributed by atoms with Crippen LogP contribution in [0.25, 0.3) is 0 Å². The zero-order chi connectivity index (χ0) is 10.9. The van der Waals surface area contributed by atoms with Crippen LogP contribution in [0.2, 0.25) is 0 Å². The quantitative estimate of drug-likeness (QED) is 0.554. The number of hydrogen-bond acceptors (Lipinski definition) is 1. The van der Waals surface area contributed by atoms with Gasteiger partial charge >= 0.3 is 5.97 Å². The molecule has 2 heteroatoms. The van der Waals surface area contributed by atoms with Gasteiger partial charge in [-0.2, -0.15) is 0 Å². The van der Waals surface area contributed by atoms with Gasteiger partial charge in [0.1, 0.15) is 0 Å². The van der Waals surface area contributed by atoms with Crippen LogP contribution in [0.4, 0.5) is 0 Å². The highest BCUT2D eigenvalue weighted by atomic mass is 16.4. The maximum absolute atomic E-state index is 10.4. The monoisotopic (exact) mass is 194 g/mol. The SMILES string of the molecule is CC(C)=C[C@H]1[C@H](/C=C/C(=O)O)C1(C)C. The standard InChI is InChI=1S/C12H18O2/c1-8(2)7-10-9(12(10,3)4)5-6-11(13)14/h5-7,9-10H,1-4H3,(H,13,14)/b6-5+/t9-,10-/m0/s1. The molecule has 1 aliphatic rings. The summed E-state index contributed by atoms with van der Waals surface area (Å²) in [7, 11) is 0. The molecule has 0 spiro atoms. The van der Waals surface area contributed by atoms with E-state index in [1.165, 1.54) is 11.6 Å². The molecule has 0 aliphatic heterocycles. The maximum atomic E-state index is 10.4. The molecule has 0 aromatic carbocycles. The molecule has 0 saturated heterocycles. The fraction of sp³-hybridized carbons (Fsp3) is 0.583. The molecule has 1 rings (SSSR count). The van der Waals surface area contributed by atoms with E-state index in [1.807, 2.05) is 6.08 Å². The van der Waals surface area contributed by atoms with Crippen molar-refractivity contribution in [3.05, 3.63) is 23.8 Å². The minimum atomic E-state index is -0.858. The van der Waals surface area contributed by atoms with E-state index in [0.717, 1.165) is 0 Å². The number of hydrogen-bond donors (Lipinski definition) is 1. The summed E-state index contributed by atoms with van der Waals surface area (Å²) in [5.74, 6) is 0.0280. The van der Waals surface area contributed by atoms with Crippen molar-refractivity contribution in [2.24, 2.45) is 17.3 Å². The molecule has 0 amide bonds. The minimum absolute atomic E-state index is 0.225. The van der Waals surface area contributed by atoms with E-state index in [0.29, 0.717) is 11.8 Å². The van der Waals surface area contributed by atoms with E-state index in [4.69, 9.17) is 5.11 Å². The first kappa shape index (κ1) is 11.0. The fourth-order valence-electron chi connectivity index (χ4n) is 1.95. The third-order valence-corrected chi connectivity index (χ3v) is 2.96. The summed E-state index contributed by atoms with van der Waals surface area (Å²) < 4.78 is 0. The van der Waals surface area contributed by atoms with Crippen molar-refractivity contribution in [3.63, 3.8) is 0 Å². The predicted molar refractivity (Wildman–Crippen MR) is 57.0 cm³/mol. The minimum Gasteiger partial charge on any atom is -0.478 e. The largest absolute Gasteiger partial charge is 0.478 e. The number of rotatable bonds is 3.